The Morgan fingerprint density at radius 2 is 1.71 bits per heavy atom. The van der Waals surface area contributed by atoms with Gasteiger partial charge in [0.05, 0.1) is 4.92 Å². The maximum absolute atomic E-state index is 12.3. The number of benzene rings is 2. The van der Waals surface area contributed by atoms with Gasteiger partial charge in [0.2, 0.25) is 0 Å². The first kappa shape index (κ1) is 14.9. The summed E-state index contributed by atoms with van der Waals surface area (Å²) in [6.45, 7) is 1.87. The summed E-state index contributed by atoms with van der Waals surface area (Å²) in [7, 11) is 0. The number of Topliss-reactive ketones (excluding diaryl/α,β-unsaturated/α-hetero) is 1. The molecule has 21 heavy (non-hydrogen) atoms. The van der Waals surface area contributed by atoms with Crippen LogP contribution in [0.5, 0.6) is 0 Å². The lowest BCUT2D eigenvalue weighted by Gasteiger charge is -2.10. The smallest absolute Gasteiger partial charge is 0.272 e. The molecular formula is C17H17NO3. The Kier molecular flexibility index (Phi) is 4.82. The van der Waals surface area contributed by atoms with E-state index < -0.39 is 0 Å². The molecule has 0 aliphatic heterocycles. The molecule has 2 rings (SSSR count). The Bertz CT molecular complexity index is 637. The van der Waals surface area contributed by atoms with Crippen LogP contribution < -0.4 is 0 Å². The number of rotatable bonds is 6. The van der Waals surface area contributed by atoms with Crippen LogP contribution in [-0.2, 0) is 6.42 Å². The maximum atomic E-state index is 12.3. The molecule has 0 amide bonds. The molecule has 0 N–H and O–H groups in total. The highest BCUT2D eigenvalue weighted by molar-refractivity contribution is 5.97. The highest BCUT2D eigenvalue weighted by Gasteiger charge is 2.17. The van der Waals surface area contributed by atoms with Gasteiger partial charge < -0.3 is 0 Å². The van der Waals surface area contributed by atoms with E-state index in [1.165, 1.54) is 6.07 Å². The number of nitrogens with zero attached hydrogens (tertiary/aromatic N) is 1. The highest BCUT2D eigenvalue weighted by atomic mass is 16.6. The fourth-order valence-corrected chi connectivity index (χ4v) is 2.29. The molecule has 0 bridgehead atoms. The first-order valence-electron chi connectivity index (χ1n) is 6.91. The van der Waals surface area contributed by atoms with E-state index in [-0.39, 0.29) is 22.3 Å². The number of carbonyl (C=O) groups is 1. The van der Waals surface area contributed by atoms with Gasteiger partial charge in [0, 0.05) is 23.1 Å². The van der Waals surface area contributed by atoms with Crippen molar-refractivity contribution < 1.29 is 9.72 Å². The van der Waals surface area contributed by atoms with Crippen molar-refractivity contribution in [3.8, 4) is 0 Å². The number of para-hydroxylation sites is 1. The van der Waals surface area contributed by atoms with Gasteiger partial charge in [-0.2, -0.15) is 0 Å². The average molecular weight is 283 g/mol. The molecule has 0 heterocycles. The molecule has 1 unspecified atom stereocenters. The molecule has 0 saturated heterocycles. The van der Waals surface area contributed by atoms with E-state index in [2.05, 4.69) is 0 Å². The van der Waals surface area contributed by atoms with Crippen molar-refractivity contribution >= 4 is 11.5 Å². The summed E-state index contributed by atoms with van der Waals surface area (Å²) in [5, 5.41) is 11.0. The minimum atomic E-state index is -0.376. The molecule has 0 radical (unpaired) electrons. The van der Waals surface area contributed by atoms with Crippen LogP contribution >= 0.6 is 0 Å². The molecule has 4 heteroatoms. The second-order valence-corrected chi connectivity index (χ2v) is 5.06. The van der Waals surface area contributed by atoms with E-state index in [4.69, 9.17) is 0 Å². The van der Waals surface area contributed by atoms with Gasteiger partial charge in [-0.3, -0.25) is 14.9 Å². The molecular weight excluding hydrogens is 266 g/mol. The molecule has 4 nitrogen and oxygen atoms in total. The van der Waals surface area contributed by atoms with Gasteiger partial charge in [-0.25, -0.2) is 0 Å². The fraction of sp³-hybridized carbons (Fsp3) is 0.235. The second kappa shape index (κ2) is 6.79. The number of aryl methyl sites for hydroxylation is 1. The second-order valence-electron chi connectivity index (χ2n) is 5.06. The number of nitro benzene ring substituents is 1. The predicted octanol–water partition coefficient (Wildman–Crippen LogP) is 4.05. The van der Waals surface area contributed by atoms with Gasteiger partial charge in [-0.15, -0.1) is 0 Å². The first-order chi connectivity index (χ1) is 10.1. The Labute approximate surface area is 123 Å². The zero-order chi connectivity index (χ0) is 15.2. The van der Waals surface area contributed by atoms with Crippen molar-refractivity contribution in [3.05, 3.63) is 75.8 Å². The number of ketones is 1. The van der Waals surface area contributed by atoms with E-state index in [0.29, 0.717) is 24.0 Å². The quantitative estimate of drug-likeness (QED) is 0.456. The summed E-state index contributed by atoms with van der Waals surface area (Å²) in [6.07, 6.45) is 1.12. The number of hydrogen-bond acceptors (Lipinski definition) is 3. The summed E-state index contributed by atoms with van der Waals surface area (Å²) in [4.78, 5) is 22.8. The van der Waals surface area contributed by atoms with Crippen LogP contribution in [0.25, 0.3) is 0 Å². The topological polar surface area (TPSA) is 60.2 Å². The van der Waals surface area contributed by atoms with E-state index >= 15 is 0 Å². The number of hydrogen-bond donors (Lipinski definition) is 0. The standard InChI is InChI=1S/C17H17NO3/c1-13(17(19)15-8-3-2-4-9-15)11-12-14-7-5-6-10-16(14)18(20)21/h2-10,13H,11-12H2,1H3. The van der Waals surface area contributed by atoms with Crippen LogP contribution in [0.15, 0.2) is 54.6 Å². The third-order valence-electron chi connectivity index (χ3n) is 3.54. The van der Waals surface area contributed by atoms with Crippen molar-refractivity contribution in [3.63, 3.8) is 0 Å². The first-order valence-corrected chi connectivity index (χ1v) is 6.91. The van der Waals surface area contributed by atoms with Gasteiger partial charge in [-0.1, -0.05) is 55.5 Å². The highest BCUT2D eigenvalue weighted by Crippen LogP contribution is 2.22. The Morgan fingerprint density at radius 3 is 2.38 bits per heavy atom. The average Bonchev–Trinajstić information content (AvgIpc) is 2.52. The zero-order valence-electron chi connectivity index (χ0n) is 11.9. The van der Waals surface area contributed by atoms with Crippen LogP contribution in [0, 0.1) is 16.0 Å². The van der Waals surface area contributed by atoms with Crippen molar-refractivity contribution in [2.45, 2.75) is 19.8 Å². The van der Waals surface area contributed by atoms with Gasteiger partial charge in [0.15, 0.2) is 5.78 Å². The van der Waals surface area contributed by atoms with Crippen molar-refractivity contribution in [2.75, 3.05) is 0 Å². The van der Waals surface area contributed by atoms with Crippen molar-refractivity contribution in [1.82, 2.24) is 0 Å². The third kappa shape index (κ3) is 3.75. The largest absolute Gasteiger partial charge is 0.294 e. The lowest BCUT2D eigenvalue weighted by molar-refractivity contribution is -0.385. The Balaban J connectivity index is 2.03. The van der Waals surface area contributed by atoms with Crippen molar-refractivity contribution in [2.24, 2.45) is 5.92 Å². The molecule has 108 valence electrons. The SMILES string of the molecule is CC(CCc1ccccc1[N+](=O)[O-])C(=O)c1ccccc1. The molecule has 0 fully saturated rings. The molecule has 2 aromatic rings. The molecule has 2 aromatic carbocycles. The van der Waals surface area contributed by atoms with Crippen LogP contribution in [0.3, 0.4) is 0 Å². The lowest BCUT2D eigenvalue weighted by atomic mass is 9.93. The van der Waals surface area contributed by atoms with E-state index in [0.717, 1.165) is 0 Å². The Hall–Kier alpha value is -2.49. The molecule has 0 aliphatic rings. The van der Waals surface area contributed by atoms with Gasteiger partial charge in [-0.05, 0) is 12.8 Å². The summed E-state index contributed by atoms with van der Waals surface area (Å²) in [5.74, 6) is -0.0820. The number of nitro groups is 1. The zero-order valence-corrected chi connectivity index (χ0v) is 11.9. The Morgan fingerprint density at radius 1 is 1.10 bits per heavy atom. The van der Waals surface area contributed by atoms with Crippen LogP contribution in [-0.4, -0.2) is 10.7 Å². The van der Waals surface area contributed by atoms with Crippen LogP contribution in [0.1, 0.15) is 29.3 Å². The molecule has 0 saturated carbocycles. The van der Waals surface area contributed by atoms with E-state index in [9.17, 15) is 14.9 Å². The molecule has 0 aromatic heterocycles. The van der Waals surface area contributed by atoms with Crippen molar-refractivity contribution in [1.29, 1.82) is 0 Å². The van der Waals surface area contributed by atoms with Crippen LogP contribution in [0.4, 0.5) is 5.69 Å². The van der Waals surface area contributed by atoms with E-state index in [1.807, 2.05) is 25.1 Å². The summed E-state index contributed by atoms with van der Waals surface area (Å²) >= 11 is 0. The van der Waals surface area contributed by atoms with E-state index in [1.54, 1.807) is 30.3 Å². The maximum Gasteiger partial charge on any atom is 0.272 e. The summed E-state index contributed by atoms with van der Waals surface area (Å²) in [5.41, 5.74) is 1.49. The fourth-order valence-electron chi connectivity index (χ4n) is 2.29. The lowest BCUT2D eigenvalue weighted by Crippen LogP contribution is -2.12. The summed E-state index contributed by atoms with van der Waals surface area (Å²) in [6, 6.07) is 15.8. The molecule has 0 spiro atoms. The van der Waals surface area contributed by atoms with Crippen LogP contribution in [0.2, 0.25) is 0 Å². The minimum absolute atomic E-state index is 0.0779. The van der Waals surface area contributed by atoms with Gasteiger partial charge in [0.1, 0.15) is 0 Å². The number of carbonyl (C=O) groups excluding carboxylic acids is 1. The third-order valence-corrected chi connectivity index (χ3v) is 3.54. The predicted molar refractivity (Wildman–Crippen MR) is 81.4 cm³/mol. The summed E-state index contributed by atoms with van der Waals surface area (Å²) < 4.78 is 0. The monoisotopic (exact) mass is 283 g/mol. The van der Waals surface area contributed by atoms with Gasteiger partial charge >= 0.3 is 0 Å². The molecule has 0 aliphatic carbocycles. The minimum Gasteiger partial charge on any atom is -0.294 e. The van der Waals surface area contributed by atoms with Gasteiger partial charge in [0.25, 0.3) is 5.69 Å². The normalized spacial score (nSPS) is 11.9. The molecule has 1 atom stereocenters.